The summed E-state index contributed by atoms with van der Waals surface area (Å²) >= 11 is 0. The normalized spacial score (nSPS) is 15.0. The van der Waals surface area contributed by atoms with Crippen molar-refractivity contribution in [3.8, 4) is 0 Å². The maximum absolute atomic E-state index is 5.56. The SMILES string of the molecule is CCN(CC)C(C)CCC(C)(C)O[SiH3]. The summed E-state index contributed by atoms with van der Waals surface area (Å²) in [6.07, 6.45) is 2.39. The van der Waals surface area contributed by atoms with Crippen LogP contribution >= 0.6 is 0 Å². The molecule has 0 aliphatic rings. The fourth-order valence-corrected chi connectivity index (χ4v) is 1.89. The van der Waals surface area contributed by atoms with Gasteiger partial charge in [0.25, 0.3) is 0 Å². The van der Waals surface area contributed by atoms with E-state index < -0.39 is 0 Å². The first-order valence-electron chi connectivity index (χ1n) is 5.76. The van der Waals surface area contributed by atoms with Crippen molar-refractivity contribution in [2.75, 3.05) is 13.1 Å². The van der Waals surface area contributed by atoms with Crippen LogP contribution in [0.1, 0.15) is 47.5 Å². The van der Waals surface area contributed by atoms with Gasteiger partial charge in [-0.15, -0.1) is 0 Å². The van der Waals surface area contributed by atoms with Gasteiger partial charge in [0, 0.05) is 11.6 Å². The Kier molecular flexibility index (Phi) is 6.65. The van der Waals surface area contributed by atoms with Crippen molar-refractivity contribution in [3.63, 3.8) is 0 Å². The maximum atomic E-state index is 5.56. The average Bonchev–Trinajstić information content (AvgIpc) is 2.17. The van der Waals surface area contributed by atoms with E-state index in [1.807, 2.05) is 0 Å². The molecule has 86 valence electrons. The molecule has 2 nitrogen and oxygen atoms in total. The van der Waals surface area contributed by atoms with Crippen molar-refractivity contribution >= 4 is 10.5 Å². The van der Waals surface area contributed by atoms with E-state index in [2.05, 4.69) is 39.5 Å². The van der Waals surface area contributed by atoms with Gasteiger partial charge in [-0.2, -0.15) is 0 Å². The summed E-state index contributed by atoms with van der Waals surface area (Å²) in [4.78, 5) is 2.50. The van der Waals surface area contributed by atoms with Gasteiger partial charge in [0.15, 0.2) is 0 Å². The van der Waals surface area contributed by atoms with Gasteiger partial charge in [-0.3, -0.25) is 0 Å². The predicted molar refractivity (Wildman–Crippen MR) is 66.7 cm³/mol. The molecule has 1 atom stereocenters. The van der Waals surface area contributed by atoms with Gasteiger partial charge in [-0.1, -0.05) is 13.8 Å². The third kappa shape index (κ3) is 5.13. The van der Waals surface area contributed by atoms with Gasteiger partial charge in [-0.25, -0.2) is 0 Å². The zero-order valence-electron chi connectivity index (χ0n) is 10.8. The molecule has 0 rings (SSSR count). The molecule has 3 heteroatoms. The highest BCUT2D eigenvalue weighted by Gasteiger charge is 2.18. The summed E-state index contributed by atoms with van der Waals surface area (Å²) in [6, 6.07) is 0.682. The smallest absolute Gasteiger partial charge is 0.146 e. The van der Waals surface area contributed by atoms with Gasteiger partial charge < -0.3 is 9.33 Å². The average molecular weight is 217 g/mol. The Balaban J connectivity index is 3.88. The summed E-state index contributed by atoms with van der Waals surface area (Å²) in [5.41, 5.74) is 0.0909. The molecule has 0 aromatic rings. The Morgan fingerprint density at radius 1 is 1.29 bits per heavy atom. The second kappa shape index (κ2) is 6.59. The lowest BCUT2D eigenvalue weighted by atomic mass is 9.99. The van der Waals surface area contributed by atoms with Crippen molar-refractivity contribution in [3.05, 3.63) is 0 Å². The number of nitrogens with zero attached hydrogens (tertiary/aromatic N) is 1. The summed E-state index contributed by atoms with van der Waals surface area (Å²) in [5, 5.41) is 0. The fourth-order valence-electron chi connectivity index (χ4n) is 1.69. The van der Waals surface area contributed by atoms with E-state index >= 15 is 0 Å². The van der Waals surface area contributed by atoms with Crippen molar-refractivity contribution < 1.29 is 4.43 Å². The van der Waals surface area contributed by atoms with Gasteiger partial charge in [0.2, 0.25) is 0 Å². The first kappa shape index (κ1) is 14.1. The van der Waals surface area contributed by atoms with Crippen LogP contribution in [0.3, 0.4) is 0 Å². The van der Waals surface area contributed by atoms with E-state index in [1.54, 1.807) is 0 Å². The standard InChI is InChI=1S/C11H27NOSi/c1-6-12(7-2)10(3)8-9-11(4,5)13-14/h10H,6-9H2,1-5,14H3. The van der Waals surface area contributed by atoms with Crippen LogP contribution in [0.25, 0.3) is 0 Å². The van der Waals surface area contributed by atoms with Crippen LogP contribution < -0.4 is 0 Å². The summed E-state index contributed by atoms with van der Waals surface area (Å²) < 4.78 is 5.56. The van der Waals surface area contributed by atoms with Gasteiger partial charge in [0.1, 0.15) is 10.5 Å². The quantitative estimate of drug-likeness (QED) is 0.600. The fraction of sp³-hybridized carbons (Fsp3) is 1.00. The Hall–Kier alpha value is 0.137. The van der Waals surface area contributed by atoms with Crippen molar-refractivity contribution in [1.29, 1.82) is 0 Å². The van der Waals surface area contributed by atoms with Crippen LogP contribution in [0.2, 0.25) is 0 Å². The molecule has 0 aliphatic carbocycles. The van der Waals surface area contributed by atoms with Crippen molar-refractivity contribution in [1.82, 2.24) is 4.90 Å². The highest BCUT2D eigenvalue weighted by Crippen LogP contribution is 2.18. The van der Waals surface area contributed by atoms with E-state index in [0.29, 0.717) is 6.04 Å². The summed E-state index contributed by atoms with van der Waals surface area (Å²) in [7, 11) is 0.842. The molecule has 0 fully saturated rings. The maximum Gasteiger partial charge on any atom is 0.146 e. The molecular formula is C11H27NOSi. The molecule has 0 amide bonds. The van der Waals surface area contributed by atoms with Gasteiger partial charge in [-0.05, 0) is 46.7 Å². The van der Waals surface area contributed by atoms with Gasteiger partial charge in [0.05, 0.1) is 0 Å². The van der Waals surface area contributed by atoms with Crippen LogP contribution in [0, 0.1) is 0 Å². The minimum absolute atomic E-state index is 0.0909. The van der Waals surface area contributed by atoms with E-state index in [9.17, 15) is 0 Å². The lowest BCUT2D eigenvalue weighted by molar-refractivity contribution is 0.0948. The molecule has 0 aromatic heterocycles. The Bertz CT molecular complexity index is 146. The third-order valence-electron chi connectivity index (χ3n) is 3.15. The molecular weight excluding hydrogens is 190 g/mol. The van der Waals surface area contributed by atoms with E-state index in [1.165, 1.54) is 6.42 Å². The first-order chi connectivity index (χ1) is 6.46. The largest absolute Gasteiger partial charge is 0.423 e. The van der Waals surface area contributed by atoms with Crippen LogP contribution in [-0.2, 0) is 4.43 Å². The zero-order valence-corrected chi connectivity index (χ0v) is 12.8. The molecule has 0 spiro atoms. The number of hydrogen-bond donors (Lipinski definition) is 0. The Labute approximate surface area is 92.6 Å². The number of hydrogen-bond acceptors (Lipinski definition) is 2. The van der Waals surface area contributed by atoms with Crippen LogP contribution in [0.4, 0.5) is 0 Å². The predicted octanol–water partition coefficient (Wildman–Crippen LogP) is 1.57. The minimum Gasteiger partial charge on any atom is -0.423 e. The van der Waals surface area contributed by atoms with Crippen molar-refractivity contribution in [2.24, 2.45) is 0 Å². The monoisotopic (exact) mass is 217 g/mol. The first-order valence-corrected chi connectivity index (χ1v) is 6.57. The highest BCUT2D eigenvalue weighted by molar-refractivity contribution is 5.98. The molecule has 0 N–H and O–H groups in total. The van der Waals surface area contributed by atoms with Crippen LogP contribution in [0.15, 0.2) is 0 Å². The lowest BCUT2D eigenvalue weighted by Crippen LogP contribution is -2.35. The molecule has 0 saturated heterocycles. The summed E-state index contributed by atoms with van der Waals surface area (Å²) in [5.74, 6) is 0. The molecule has 0 heterocycles. The minimum atomic E-state index is 0.0909. The highest BCUT2D eigenvalue weighted by atomic mass is 28.2. The van der Waals surface area contributed by atoms with E-state index in [-0.39, 0.29) is 5.60 Å². The molecule has 1 unspecified atom stereocenters. The third-order valence-corrected chi connectivity index (χ3v) is 4.26. The second-order valence-electron chi connectivity index (χ2n) is 4.57. The summed E-state index contributed by atoms with van der Waals surface area (Å²) in [6.45, 7) is 13.5. The Morgan fingerprint density at radius 3 is 2.14 bits per heavy atom. The topological polar surface area (TPSA) is 12.5 Å². The van der Waals surface area contributed by atoms with Crippen LogP contribution in [-0.4, -0.2) is 40.1 Å². The molecule has 0 aliphatic heterocycles. The molecule has 14 heavy (non-hydrogen) atoms. The van der Waals surface area contributed by atoms with Gasteiger partial charge >= 0.3 is 0 Å². The molecule has 0 saturated carbocycles. The molecule has 0 radical (unpaired) electrons. The van der Waals surface area contributed by atoms with E-state index in [0.717, 1.165) is 30.0 Å². The van der Waals surface area contributed by atoms with E-state index in [4.69, 9.17) is 4.43 Å². The number of rotatable bonds is 7. The molecule has 0 aromatic carbocycles. The van der Waals surface area contributed by atoms with Crippen LogP contribution in [0.5, 0.6) is 0 Å². The zero-order chi connectivity index (χ0) is 11.2. The van der Waals surface area contributed by atoms with Crippen molar-refractivity contribution in [2.45, 2.75) is 59.1 Å². The lowest BCUT2D eigenvalue weighted by Gasteiger charge is -2.30. The second-order valence-corrected chi connectivity index (χ2v) is 4.98. The Morgan fingerprint density at radius 2 is 1.79 bits per heavy atom. The molecule has 0 bridgehead atoms.